The fourth-order valence-corrected chi connectivity index (χ4v) is 3.88. The van der Waals surface area contributed by atoms with Crippen LogP contribution >= 0.6 is 11.3 Å². The molecule has 1 aromatic heterocycles. The van der Waals surface area contributed by atoms with Crippen LogP contribution in [0.2, 0.25) is 0 Å². The summed E-state index contributed by atoms with van der Waals surface area (Å²) >= 11 is 1.29. The minimum absolute atomic E-state index is 0.177. The molecule has 0 spiro atoms. The van der Waals surface area contributed by atoms with E-state index in [0.29, 0.717) is 10.8 Å². The van der Waals surface area contributed by atoms with E-state index < -0.39 is 23.4 Å². The summed E-state index contributed by atoms with van der Waals surface area (Å²) in [5.41, 5.74) is 7.28. The van der Waals surface area contributed by atoms with E-state index in [-0.39, 0.29) is 12.5 Å². The van der Waals surface area contributed by atoms with Gasteiger partial charge >= 0.3 is 0 Å². The molecule has 0 radical (unpaired) electrons. The van der Waals surface area contributed by atoms with E-state index in [1.807, 2.05) is 18.2 Å². The second-order valence-corrected chi connectivity index (χ2v) is 8.71. The van der Waals surface area contributed by atoms with Crippen molar-refractivity contribution in [1.29, 1.82) is 0 Å². The highest BCUT2D eigenvalue weighted by molar-refractivity contribution is 7.20. The molecule has 1 aliphatic rings. The first-order valence-electron chi connectivity index (χ1n) is 8.92. The molecule has 3 unspecified atom stereocenters. The predicted octanol–water partition coefficient (Wildman–Crippen LogP) is 1.22. The molecule has 1 aliphatic carbocycles. The maximum atomic E-state index is 12.6. The van der Waals surface area contributed by atoms with Crippen LogP contribution in [0.5, 0.6) is 0 Å². The summed E-state index contributed by atoms with van der Waals surface area (Å²) in [6.07, 6.45) is 0.940. The van der Waals surface area contributed by atoms with Crippen molar-refractivity contribution >= 4 is 33.2 Å². The van der Waals surface area contributed by atoms with E-state index in [2.05, 4.69) is 17.2 Å². The lowest BCUT2D eigenvalue weighted by Gasteiger charge is -2.29. The molecule has 148 valence electrons. The first-order valence-corrected chi connectivity index (χ1v) is 9.74. The summed E-state index contributed by atoms with van der Waals surface area (Å²) < 4.78 is 0.904. The molecule has 0 saturated heterocycles. The Morgan fingerprint density at radius 1 is 1.39 bits per heavy atom. The van der Waals surface area contributed by atoms with E-state index in [0.717, 1.165) is 22.1 Å². The van der Waals surface area contributed by atoms with Gasteiger partial charge in [0.25, 0.3) is 11.8 Å². The van der Waals surface area contributed by atoms with E-state index in [1.165, 1.54) is 16.8 Å². The number of fused-ring (bicyclic) bond motifs is 1. The Bertz CT molecular complexity index is 967. The largest absolute Gasteiger partial charge is 0.396 e. The summed E-state index contributed by atoms with van der Waals surface area (Å²) in [6, 6.07) is 6.37. The number of thiophene rings is 1. The third kappa shape index (κ3) is 4.51. The zero-order valence-electron chi connectivity index (χ0n) is 15.7. The Balaban J connectivity index is 1.78. The molecule has 3 rings (SSSR count). The number of benzene rings is 1. The first-order chi connectivity index (χ1) is 13.2. The number of carbonyl (C=O) groups is 2. The van der Waals surface area contributed by atoms with Crippen molar-refractivity contribution in [2.45, 2.75) is 31.8 Å². The number of nitrogens with one attached hydrogen (secondary N) is 2. The number of hydrogen-bond donors (Lipinski definition) is 5. The normalized spacial score (nSPS) is 19.5. The topological polar surface area (TPSA) is 125 Å². The van der Waals surface area contributed by atoms with Gasteiger partial charge in [-0.2, -0.15) is 0 Å². The van der Waals surface area contributed by atoms with Gasteiger partial charge in [0.15, 0.2) is 0 Å². The van der Waals surface area contributed by atoms with Gasteiger partial charge in [0, 0.05) is 28.3 Å². The van der Waals surface area contributed by atoms with Crippen molar-refractivity contribution in [1.82, 2.24) is 10.8 Å². The second kappa shape index (κ2) is 7.89. The maximum Gasteiger partial charge on any atom is 0.267 e. The lowest BCUT2D eigenvalue weighted by molar-refractivity contribution is -0.132. The van der Waals surface area contributed by atoms with Gasteiger partial charge in [-0.1, -0.05) is 17.9 Å². The maximum absolute atomic E-state index is 12.6. The molecule has 6 N–H and O–H groups in total. The van der Waals surface area contributed by atoms with Crippen LogP contribution in [0.25, 0.3) is 10.1 Å². The molecule has 2 amide bonds. The summed E-state index contributed by atoms with van der Waals surface area (Å²) in [4.78, 5) is 24.9. The molecule has 0 aliphatic heterocycles. The molecule has 1 saturated carbocycles. The Hall–Kier alpha value is -2.44. The van der Waals surface area contributed by atoms with Gasteiger partial charge < -0.3 is 16.2 Å². The number of hydrogen-bond acceptors (Lipinski definition) is 6. The van der Waals surface area contributed by atoms with Gasteiger partial charge in [0.1, 0.15) is 6.04 Å². The zero-order chi connectivity index (χ0) is 20.5. The molecule has 7 nitrogen and oxygen atoms in total. The summed E-state index contributed by atoms with van der Waals surface area (Å²) in [7, 11) is 0. The van der Waals surface area contributed by atoms with Gasteiger partial charge in [-0.15, -0.1) is 11.3 Å². The van der Waals surface area contributed by atoms with Crippen molar-refractivity contribution in [3.05, 3.63) is 34.7 Å². The summed E-state index contributed by atoms with van der Waals surface area (Å²) in [5, 5.41) is 21.5. The molecule has 0 bridgehead atoms. The number of hydroxylamine groups is 1. The number of aliphatic hydroxyl groups is 1. The third-order valence-corrected chi connectivity index (χ3v) is 5.79. The molecule has 28 heavy (non-hydrogen) atoms. The van der Waals surface area contributed by atoms with Crippen molar-refractivity contribution in [3.63, 3.8) is 0 Å². The van der Waals surface area contributed by atoms with Crippen LogP contribution in [0.3, 0.4) is 0 Å². The molecule has 2 aromatic rings. The van der Waals surface area contributed by atoms with E-state index in [4.69, 9.17) is 16.0 Å². The van der Waals surface area contributed by atoms with Crippen molar-refractivity contribution in [3.8, 4) is 11.8 Å². The summed E-state index contributed by atoms with van der Waals surface area (Å²) in [6.45, 7) is 3.35. The van der Waals surface area contributed by atoms with Crippen LogP contribution in [-0.2, 0) is 4.79 Å². The Morgan fingerprint density at radius 3 is 2.75 bits per heavy atom. The molecular formula is C20H23N3O4S. The van der Waals surface area contributed by atoms with Crippen LogP contribution in [-0.4, -0.2) is 40.3 Å². The highest BCUT2D eigenvalue weighted by Crippen LogP contribution is 2.37. The van der Waals surface area contributed by atoms with Gasteiger partial charge in [0.2, 0.25) is 0 Å². The smallest absolute Gasteiger partial charge is 0.267 e. The second-order valence-electron chi connectivity index (χ2n) is 7.62. The number of amides is 2. The molecule has 1 heterocycles. The van der Waals surface area contributed by atoms with Gasteiger partial charge in [-0.05, 0) is 49.8 Å². The van der Waals surface area contributed by atoms with Crippen LogP contribution in [0, 0.1) is 23.7 Å². The number of nitrogens with two attached hydrogens (primary N) is 1. The van der Waals surface area contributed by atoms with Gasteiger partial charge in [-0.3, -0.25) is 14.8 Å². The van der Waals surface area contributed by atoms with Crippen molar-refractivity contribution < 1.29 is 19.9 Å². The van der Waals surface area contributed by atoms with E-state index >= 15 is 0 Å². The van der Waals surface area contributed by atoms with Gasteiger partial charge in [0.05, 0.1) is 4.88 Å². The van der Waals surface area contributed by atoms with Crippen LogP contribution < -0.4 is 16.5 Å². The highest BCUT2D eigenvalue weighted by Gasteiger charge is 2.35. The average molecular weight is 401 g/mol. The van der Waals surface area contributed by atoms with Crippen LogP contribution in [0.15, 0.2) is 24.3 Å². The SMILES string of the molecule is CC(C)(N)C(NC(=O)c1cc2ccc(C#CC3CC3CO)cc2s1)C(=O)NO. The fraction of sp³-hybridized carbons (Fsp3) is 0.400. The minimum atomic E-state index is -1.09. The first kappa shape index (κ1) is 20.3. The fourth-order valence-electron chi connectivity index (χ4n) is 2.88. The number of aliphatic hydroxyl groups excluding tert-OH is 1. The van der Waals surface area contributed by atoms with Crippen molar-refractivity contribution in [2.24, 2.45) is 17.6 Å². The van der Waals surface area contributed by atoms with E-state index in [1.54, 1.807) is 19.9 Å². The molecule has 1 fully saturated rings. The average Bonchev–Trinajstić information content (AvgIpc) is 3.29. The van der Waals surface area contributed by atoms with Crippen LogP contribution in [0.1, 0.15) is 35.5 Å². The molecule has 8 heteroatoms. The number of rotatable bonds is 5. The predicted molar refractivity (Wildman–Crippen MR) is 107 cm³/mol. The molecule has 3 atom stereocenters. The third-order valence-electron chi connectivity index (χ3n) is 4.69. The summed E-state index contributed by atoms with van der Waals surface area (Å²) in [5.74, 6) is 5.63. The lowest BCUT2D eigenvalue weighted by Crippen LogP contribution is -2.61. The highest BCUT2D eigenvalue weighted by atomic mass is 32.1. The van der Waals surface area contributed by atoms with Crippen LogP contribution in [0.4, 0.5) is 0 Å². The zero-order valence-corrected chi connectivity index (χ0v) is 16.5. The quantitative estimate of drug-likeness (QED) is 0.293. The number of carbonyl (C=O) groups excluding carboxylic acids is 2. The van der Waals surface area contributed by atoms with Gasteiger partial charge in [-0.25, -0.2) is 5.48 Å². The Morgan fingerprint density at radius 2 is 2.14 bits per heavy atom. The monoisotopic (exact) mass is 401 g/mol. The molecule has 1 aromatic carbocycles. The lowest BCUT2D eigenvalue weighted by atomic mass is 9.95. The Kier molecular flexibility index (Phi) is 5.72. The Labute approximate surface area is 166 Å². The molecular weight excluding hydrogens is 378 g/mol. The minimum Gasteiger partial charge on any atom is -0.396 e. The van der Waals surface area contributed by atoms with E-state index in [9.17, 15) is 9.59 Å². The van der Waals surface area contributed by atoms with Crippen molar-refractivity contribution in [2.75, 3.05) is 6.61 Å². The standard InChI is InChI=1S/C20H23N3O4S/c1-20(2,21)17(19(26)23-27)22-18(25)16-9-13-6-4-11(7-15(13)28-16)3-5-12-8-14(12)10-24/h4,6-7,9,12,14,17,24,27H,8,10,21H2,1-2H3,(H,22,25)(H,23,26).